The number of Topliss-reactive ketones (excluding diaryl/α,β-unsaturated/α-hetero) is 1. The monoisotopic (exact) mass is 570 g/mol. The number of aromatic nitrogens is 1. The highest BCUT2D eigenvalue weighted by Gasteiger charge is 2.55. The van der Waals surface area contributed by atoms with E-state index in [4.69, 9.17) is 4.74 Å². The van der Waals surface area contributed by atoms with E-state index in [1.165, 1.54) is 34.6 Å². The molecule has 1 aromatic carbocycles. The molecule has 2 amide bonds. The molecule has 204 valence electrons. The Morgan fingerprint density at radius 3 is 2.72 bits per heavy atom. The summed E-state index contributed by atoms with van der Waals surface area (Å²) in [7, 11) is -4.52. The number of amides is 2. The molecule has 0 aliphatic carbocycles. The summed E-state index contributed by atoms with van der Waals surface area (Å²) in [4.78, 5) is 57.1. The number of thiophene rings is 1. The lowest BCUT2D eigenvalue weighted by molar-refractivity contribution is -0.138. The van der Waals surface area contributed by atoms with E-state index >= 15 is 0 Å². The molecule has 2 aliphatic heterocycles. The van der Waals surface area contributed by atoms with Gasteiger partial charge in [-0.25, -0.2) is 13.2 Å². The first-order valence-corrected chi connectivity index (χ1v) is 14.7. The highest BCUT2D eigenvalue weighted by molar-refractivity contribution is 8.04. The molecule has 3 aromatic rings. The molecule has 2 fully saturated rings. The molecule has 2 aromatic heterocycles. The summed E-state index contributed by atoms with van der Waals surface area (Å²) in [5.74, 6) is -0.972. The third-order valence-corrected chi connectivity index (χ3v) is 9.58. The zero-order valence-electron chi connectivity index (χ0n) is 21.0. The molecule has 0 spiro atoms. The fourth-order valence-corrected chi connectivity index (χ4v) is 7.51. The van der Waals surface area contributed by atoms with Crippen LogP contribution in [0.2, 0.25) is 0 Å². The molecule has 3 atom stereocenters. The van der Waals surface area contributed by atoms with Gasteiger partial charge in [0.2, 0.25) is 5.91 Å². The van der Waals surface area contributed by atoms with Crippen molar-refractivity contribution in [1.29, 1.82) is 0 Å². The molecule has 39 heavy (non-hydrogen) atoms. The molecule has 13 heteroatoms. The number of likely N-dealkylation sites (tertiary alicyclic amines) is 1. The number of nitrogens with one attached hydrogen (secondary N) is 1. The molecular formula is C26H26N4O7S2. The minimum atomic E-state index is -4.52. The van der Waals surface area contributed by atoms with Gasteiger partial charge in [-0.15, -0.1) is 0 Å². The summed E-state index contributed by atoms with van der Waals surface area (Å²) in [5, 5.41) is 2.77. The van der Waals surface area contributed by atoms with Gasteiger partial charge in [0, 0.05) is 29.7 Å². The van der Waals surface area contributed by atoms with Crippen LogP contribution in [0.1, 0.15) is 36.5 Å². The van der Waals surface area contributed by atoms with Crippen LogP contribution in [0, 0.1) is 0 Å². The third-order valence-electron chi connectivity index (χ3n) is 6.86. The van der Waals surface area contributed by atoms with Crippen LogP contribution < -0.4 is 10.1 Å². The van der Waals surface area contributed by atoms with E-state index in [9.17, 15) is 27.6 Å². The molecule has 3 unspecified atom stereocenters. The topological polar surface area (TPSA) is 143 Å². The lowest BCUT2D eigenvalue weighted by Crippen LogP contribution is -2.53. The van der Waals surface area contributed by atoms with Crippen molar-refractivity contribution < 1.29 is 32.3 Å². The van der Waals surface area contributed by atoms with Crippen molar-refractivity contribution >= 4 is 54.3 Å². The van der Waals surface area contributed by atoms with Gasteiger partial charge in [-0.3, -0.25) is 19.4 Å². The second-order valence-electron chi connectivity index (χ2n) is 9.36. The molecule has 11 nitrogen and oxygen atoms in total. The van der Waals surface area contributed by atoms with E-state index in [2.05, 4.69) is 10.3 Å². The summed E-state index contributed by atoms with van der Waals surface area (Å²) >= 11 is 1.30. The van der Waals surface area contributed by atoms with Crippen LogP contribution in [0.25, 0.3) is 10.1 Å². The van der Waals surface area contributed by atoms with Gasteiger partial charge in [0.1, 0.15) is 12.1 Å². The van der Waals surface area contributed by atoms with Gasteiger partial charge < -0.3 is 15.0 Å². The Morgan fingerprint density at radius 2 is 2.00 bits per heavy atom. The second-order valence-corrected chi connectivity index (χ2v) is 12.2. The minimum absolute atomic E-state index is 0.108. The van der Waals surface area contributed by atoms with E-state index in [0.717, 1.165) is 20.6 Å². The highest BCUT2D eigenvalue weighted by atomic mass is 32.2. The van der Waals surface area contributed by atoms with Crippen molar-refractivity contribution in [3.05, 3.63) is 60.4 Å². The predicted octanol–water partition coefficient (Wildman–Crippen LogP) is 2.58. The Labute approximate surface area is 228 Å². The average Bonchev–Trinajstić information content (AvgIpc) is 3.63. The summed E-state index contributed by atoms with van der Waals surface area (Å²) in [5.41, 5.74) is -0.108. The highest BCUT2D eigenvalue weighted by Crippen LogP contribution is 2.34. The van der Waals surface area contributed by atoms with Crippen molar-refractivity contribution in [3.63, 3.8) is 0 Å². The minimum Gasteiger partial charge on any atom is -0.399 e. The standard InChI is InChI=1S/C26H26N4O7S2/c1-2-6-18(28-26(34)37-22-13-16-7-3-4-9-21(16)38-22)24(32)29-12-10-19-23(29)20(31)15-30(19)39(35,36)25(33)17-8-5-11-27-14-17/h3-5,7-9,11,13-14,18-19,23H,2,6,10,12,15H2,1H3,(H,28,34). The van der Waals surface area contributed by atoms with E-state index < -0.39 is 57.6 Å². The number of ether oxygens (including phenoxy) is 1. The van der Waals surface area contributed by atoms with Gasteiger partial charge in [0.15, 0.2) is 10.8 Å². The Balaban J connectivity index is 1.29. The smallest absolute Gasteiger partial charge is 0.399 e. The molecule has 0 bridgehead atoms. The number of hydrogen-bond acceptors (Lipinski definition) is 9. The molecule has 0 radical (unpaired) electrons. The zero-order valence-corrected chi connectivity index (χ0v) is 22.6. The molecule has 5 rings (SSSR count). The van der Waals surface area contributed by atoms with Crippen LogP contribution in [-0.4, -0.2) is 76.7 Å². The van der Waals surface area contributed by atoms with Crippen molar-refractivity contribution in [3.8, 4) is 5.06 Å². The first-order valence-electron chi connectivity index (χ1n) is 12.5. The van der Waals surface area contributed by atoms with Gasteiger partial charge in [-0.2, -0.15) is 4.31 Å². The number of sulfonamides is 1. The van der Waals surface area contributed by atoms with Crippen LogP contribution in [0.5, 0.6) is 5.06 Å². The van der Waals surface area contributed by atoms with E-state index in [1.807, 2.05) is 31.2 Å². The molecule has 0 saturated carbocycles. The fourth-order valence-electron chi connectivity index (χ4n) is 5.10. The quantitative estimate of drug-likeness (QED) is 0.457. The Bertz CT molecular complexity index is 1510. The third kappa shape index (κ3) is 5.16. The van der Waals surface area contributed by atoms with Gasteiger partial charge in [0.25, 0.3) is 15.1 Å². The largest absolute Gasteiger partial charge is 0.414 e. The van der Waals surface area contributed by atoms with Crippen LogP contribution in [0.15, 0.2) is 54.9 Å². The van der Waals surface area contributed by atoms with Gasteiger partial charge in [-0.1, -0.05) is 42.9 Å². The number of ketones is 1. The predicted molar refractivity (Wildman–Crippen MR) is 143 cm³/mol. The lowest BCUT2D eigenvalue weighted by atomic mass is 10.1. The Kier molecular flexibility index (Phi) is 7.47. The molecule has 2 aliphatic rings. The number of carbonyl (C=O) groups is 4. The number of fused-ring (bicyclic) bond motifs is 2. The number of pyridine rings is 1. The summed E-state index contributed by atoms with van der Waals surface area (Å²) < 4.78 is 33.5. The second kappa shape index (κ2) is 10.8. The number of carbonyl (C=O) groups excluding carboxylic acids is 4. The van der Waals surface area contributed by atoms with Gasteiger partial charge in [-0.05, 0) is 36.4 Å². The van der Waals surface area contributed by atoms with Crippen molar-refractivity contribution in [2.24, 2.45) is 0 Å². The van der Waals surface area contributed by atoms with E-state index in [1.54, 1.807) is 6.07 Å². The fraction of sp³-hybridized carbons (Fsp3) is 0.346. The number of benzene rings is 1. The average molecular weight is 571 g/mol. The normalized spacial score (nSPS) is 20.1. The summed E-state index contributed by atoms with van der Waals surface area (Å²) in [6.07, 6.45) is 2.82. The van der Waals surface area contributed by atoms with Crippen LogP contribution >= 0.6 is 11.3 Å². The van der Waals surface area contributed by atoms with Crippen LogP contribution in [-0.2, 0) is 19.6 Å². The van der Waals surface area contributed by atoms with Crippen molar-refractivity contribution in [1.82, 2.24) is 19.5 Å². The van der Waals surface area contributed by atoms with Crippen LogP contribution in [0.4, 0.5) is 4.79 Å². The van der Waals surface area contributed by atoms with Gasteiger partial charge in [0.05, 0.1) is 18.2 Å². The molecule has 2 saturated heterocycles. The Hall–Kier alpha value is -3.68. The summed E-state index contributed by atoms with van der Waals surface area (Å²) in [6, 6.07) is 9.23. The zero-order chi connectivity index (χ0) is 27.7. The molecular weight excluding hydrogens is 544 g/mol. The van der Waals surface area contributed by atoms with E-state index in [0.29, 0.717) is 17.9 Å². The molecule has 1 N–H and O–H groups in total. The Morgan fingerprint density at radius 1 is 1.21 bits per heavy atom. The number of rotatable bonds is 7. The first kappa shape index (κ1) is 26.9. The number of hydrogen-bond donors (Lipinski definition) is 1. The first-order chi connectivity index (χ1) is 18.7. The maximum Gasteiger partial charge on any atom is 0.414 e. The summed E-state index contributed by atoms with van der Waals surface area (Å²) in [6.45, 7) is 1.46. The van der Waals surface area contributed by atoms with E-state index in [-0.39, 0.29) is 18.5 Å². The SMILES string of the molecule is CCCC(NC(=O)Oc1cc2ccccc2s1)C(=O)N1CCC2C1C(=O)CN2S(=O)(=O)C(=O)c1cccnc1. The number of nitrogens with zero attached hydrogens (tertiary/aromatic N) is 3. The van der Waals surface area contributed by atoms with Crippen LogP contribution in [0.3, 0.4) is 0 Å². The van der Waals surface area contributed by atoms with Crippen molar-refractivity contribution in [2.45, 2.75) is 44.3 Å². The molecule has 4 heterocycles. The maximum absolute atomic E-state index is 13.5. The van der Waals surface area contributed by atoms with Crippen molar-refractivity contribution in [2.75, 3.05) is 13.1 Å². The maximum atomic E-state index is 13.5. The lowest BCUT2D eigenvalue weighted by Gasteiger charge is -2.27. The van der Waals surface area contributed by atoms with Gasteiger partial charge >= 0.3 is 6.09 Å².